The van der Waals surface area contributed by atoms with Crippen LogP contribution in [-0.4, -0.2) is 19.1 Å². The Morgan fingerprint density at radius 2 is 0.808 bits per heavy atom. The van der Waals surface area contributed by atoms with E-state index in [1.54, 1.807) is 0 Å². The molecule has 0 atom stereocenters. The summed E-state index contributed by atoms with van der Waals surface area (Å²) in [5, 5.41) is 15.2. The van der Waals surface area contributed by atoms with Crippen molar-refractivity contribution in [3.05, 3.63) is 181 Å². The maximum absolute atomic E-state index is 10.4. The molecule has 0 aliphatic heterocycles. The Bertz CT molecular complexity index is 2930. The first-order chi connectivity index (χ1) is 25.8. The van der Waals surface area contributed by atoms with Gasteiger partial charge in [-0.25, -0.2) is 9.97 Å². The van der Waals surface area contributed by atoms with Crippen LogP contribution in [0.2, 0.25) is 0 Å². The Morgan fingerprint density at radius 3 is 1.29 bits per heavy atom. The molecule has 5 heteroatoms. The molecule has 0 aliphatic rings. The average Bonchev–Trinajstić information content (AvgIpc) is 3.74. The van der Waals surface area contributed by atoms with Gasteiger partial charge < -0.3 is 9.13 Å². The van der Waals surface area contributed by atoms with Crippen molar-refractivity contribution in [1.29, 1.82) is 5.26 Å². The summed E-state index contributed by atoms with van der Waals surface area (Å²) in [5.41, 5.74) is 11.1. The van der Waals surface area contributed by atoms with Crippen LogP contribution in [0.25, 0.3) is 88.9 Å². The van der Waals surface area contributed by atoms with Crippen molar-refractivity contribution in [1.82, 2.24) is 19.1 Å². The van der Waals surface area contributed by atoms with Crippen molar-refractivity contribution in [2.45, 2.75) is 0 Å². The fourth-order valence-corrected chi connectivity index (χ4v) is 7.68. The number of nitriles is 1. The molecule has 0 spiro atoms. The number of para-hydroxylation sites is 3. The van der Waals surface area contributed by atoms with E-state index in [9.17, 15) is 5.26 Å². The van der Waals surface area contributed by atoms with Crippen molar-refractivity contribution >= 4 is 43.6 Å². The van der Waals surface area contributed by atoms with Crippen molar-refractivity contribution in [2.75, 3.05) is 0 Å². The summed E-state index contributed by atoms with van der Waals surface area (Å²) in [6.07, 6.45) is 0. The summed E-state index contributed by atoms with van der Waals surface area (Å²) in [5.74, 6) is 0.567. The monoisotopic (exact) mass is 663 g/mol. The van der Waals surface area contributed by atoms with E-state index in [1.807, 2.05) is 60.7 Å². The third kappa shape index (κ3) is 4.56. The molecule has 0 radical (unpaired) electrons. The van der Waals surface area contributed by atoms with E-state index in [0.717, 1.165) is 39.1 Å². The molecular weight excluding hydrogens is 635 g/mol. The first kappa shape index (κ1) is 29.6. The van der Waals surface area contributed by atoms with E-state index < -0.39 is 0 Å². The zero-order chi connectivity index (χ0) is 34.6. The minimum Gasteiger partial charge on any atom is -0.307 e. The molecule has 0 saturated carbocycles. The number of hydrogen-bond donors (Lipinski definition) is 0. The van der Waals surface area contributed by atoms with Gasteiger partial charge in [-0.05, 0) is 48.5 Å². The highest BCUT2D eigenvalue weighted by atomic mass is 15.0. The molecule has 242 valence electrons. The van der Waals surface area contributed by atoms with Gasteiger partial charge in [0.2, 0.25) is 0 Å². The zero-order valence-corrected chi connectivity index (χ0v) is 28.0. The molecule has 7 aromatic carbocycles. The van der Waals surface area contributed by atoms with Gasteiger partial charge >= 0.3 is 0 Å². The lowest BCUT2D eigenvalue weighted by molar-refractivity contribution is 1.14. The Balaban J connectivity index is 1.22. The Hall–Kier alpha value is -7.29. The molecule has 0 N–H and O–H groups in total. The van der Waals surface area contributed by atoms with E-state index in [2.05, 4.69) is 130 Å². The Kier molecular flexibility index (Phi) is 6.80. The summed E-state index contributed by atoms with van der Waals surface area (Å²) < 4.78 is 4.79. The predicted molar refractivity (Wildman–Crippen MR) is 212 cm³/mol. The highest BCUT2D eigenvalue weighted by Crippen LogP contribution is 2.42. The largest absolute Gasteiger partial charge is 0.307 e. The first-order valence-corrected chi connectivity index (χ1v) is 17.3. The molecule has 10 rings (SSSR count). The molecule has 3 aromatic heterocycles. The highest BCUT2D eigenvalue weighted by Gasteiger charge is 2.22. The number of benzene rings is 7. The minimum absolute atomic E-state index is 0.459. The SMILES string of the molecule is N#Cc1c(-c2ccccc2)nc(-c2ccc(-n3c4ccccc4c4ccc5c6ccccc6n(-c6ccccc6)c5c43)cc2)nc1-c1ccccc1. The summed E-state index contributed by atoms with van der Waals surface area (Å²) >= 11 is 0. The third-order valence-electron chi connectivity index (χ3n) is 9.98. The van der Waals surface area contributed by atoms with Gasteiger partial charge in [-0.2, -0.15) is 5.26 Å². The minimum atomic E-state index is 0.459. The smallest absolute Gasteiger partial charge is 0.160 e. The normalized spacial score (nSPS) is 11.4. The van der Waals surface area contributed by atoms with Gasteiger partial charge in [0.25, 0.3) is 0 Å². The molecule has 0 saturated heterocycles. The standard InChI is InChI=1S/C47H29N5/c48-30-40-43(31-14-4-1-5-15-31)49-47(50-44(40)32-16-6-2-7-17-32)33-24-26-35(27-25-33)52-42-23-13-11-21-37(42)39-29-28-38-36-20-10-12-22-41(36)51(45(38)46(39)52)34-18-8-3-9-19-34/h1-29H. The Labute approximate surface area is 299 Å². The van der Waals surface area contributed by atoms with Crippen LogP contribution in [0.5, 0.6) is 0 Å². The Morgan fingerprint density at radius 1 is 0.385 bits per heavy atom. The van der Waals surface area contributed by atoms with Crippen LogP contribution >= 0.6 is 0 Å². The zero-order valence-electron chi connectivity index (χ0n) is 28.0. The fourth-order valence-electron chi connectivity index (χ4n) is 7.68. The molecule has 0 amide bonds. The second-order valence-electron chi connectivity index (χ2n) is 12.9. The van der Waals surface area contributed by atoms with Crippen LogP contribution in [0.3, 0.4) is 0 Å². The van der Waals surface area contributed by atoms with Gasteiger partial charge in [0.15, 0.2) is 5.82 Å². The topological polar surface area (TPSA) is 59.4 Å². The summed E-state index contributed by atoms with van der Waals surface area (Å²) in [4.78, 5) is 10.1. The van der Waals surface area contributed by atoms with Crippen LogP contribution in [-0.2, 0) is 0 Å². The lowest BCUT2D eigenvalue weighted by atomic mass is 10.0. The van der Waals surface area contributed by atoms with Gasteiger partial charge in [-0.3, -0.25) is 0 Å². The number of nitrogens with zero attached hydrogens (tertiary/aromatic N) is 5. The lowest BCUT2D eigenvalue weighted by Gasteiger charge is -2.14. The second-order valence-corrected chi connectivity index (χ2v) is 12.9. The number of hydrogen-bond acceptors (Lipinski definition) is 3. The van der Waals surface area contributed by atoms with E-state index in [0.29, 0.717) is 22.8 Å². The van der Waals surface area contributed by atoms with Crippen LogP contribution < -0.4 is 0 Å². The van der Waals surface area contributed by atoms with E-state index in [-0.39, 0.29) is 0 Å². The average molecular weight is 664 g/mol. The molecule has 0 unspecified atom stereocenters. The molecule has 0 bridgehead atoms. The fraction of sp³-hybridized carbons (Fsp3) is 0. The number of rotatable bonds is 5. The third-order valence-corrected chi connectivity index (χ3v) is 9.98. The van der Waals surface area contributed by atoms with Gasteiger partial charge in [0.1, 0.15) is 11.6 Å². The van der Waals surface area contributed by atoms with Crippen LogP contribution in [0.4, 0.5) is 0 Å². The summed E-state index contributed by atoms with van der Waals surface area (Å²) in [7, 11) is 0. The predicted octanol–water partition coefficient (Wildman–Crippen LogP) is 11.5. The van der Waals surface area contributed by atoms with Gasteiger partial charge in [-0.15, -0.1) is 0 Å². The maximum Gasteiger partial charge on any atom is 0.160 e. The van der Waals surface area contributed by atoms with Crippen molar-refractivity contribution < 1.29 is 0 Å². The van der Waals surface area contributed by atoms with Crippen molar-refractivity contribution in [3.8, 4) is 51.3 Å². The molecule has 3 heterocycles. The van der Waals surface area contributed by atoms with Gasteiger partial charge in [0, 0.05) is 49.6 Å². The molecule has 52 heavy (non-hydrogen) atoms. The molecular formula is C47H29N5. The highest BCUT2D eigenvalue weighted by molar-refractivity contribution is 6.23. The lowest BCUT2D eigenvalue weighted by Crippen LogP contribution is -2.01. The molecule has 0 aliphatic carbocycles. The summed E-state index contributed by atoms with van der Waals surface area (Å²) in [6.45, 7) is 0. The van der Waals surface area contributed by atoms with Crippen molar-refractivity contribution in [2.24, 2.45) is 0 Å². The van der Waals surface area contributed by atoms with Crippen LogP contribution in [0.15, 0.2) is 176 Å². The van der Waals surface area contributed by atoms with E-state index in [4.69, 9.17) is 9.97 Å². The van der Waals surface area contributed by atoms with Crippen molar-refractivity contribution in [3.63, 3.8) is 0 Å². The maximum atomic E-state index is 10.4. The first-order valence-electron chi connectivity index (χ1n) is 17.3. The molecule has 5 nitrogen and oxygen atoms in total. The van der Waals surface area contributed by atoms with E-state index in [1.165, 1.54) is 32.6 Å². The molecule has 10 aromatic rings. The molecule has 0 fully saturated rings. The van der Waals surface area contributed by atoms with Crippen LogP contribution in [0, 0.1) is 11.3 Å². The number of aromatic nitrogens is 4. The summed E-state index contributed by atoms with van der Waals surface area (Å²) in [6, 6.07) is 63.1. The van der Waals surface area contributed by atoms with E-state index >= 15 is 0 Å². The van der Waals surface area contributed by atoms with Crippen LogP contribution in [0.1, 0.15) is 5.56 Å². The van der Waals surface area contributed by atoms with Gasteiger partial charge in [-0.1, -0.05) is 127 Å². The number of fused-ring (bicyclic) bond motifs is 7. The van der Waals surface area contributed by atoms with Gasteiger partial charge in [0.05, 0.1) is 33.5 Å². The quantitative estimate of drug-likeness (QED) is 0.184. The second kappa shape index (κ2) is 11.9.